The van der Waals surface area contributed by atoms with E-state index in [1.165, 1.54) is 7.11 Å². The molecule has 0 saturated carbocycles. The predicted octanol–water partition coefficient (Wildman–Crippen LogP) is 1.54. The summed E-state index contributed by atoms with van der Waals surface area (Å²) in [6.45, 7) is 4.00. The van der Waals surface area contributed by atoms with Gasteiger partial charge in [-0.3, -0.25) is 4.79 Å². The van der Waals surface area contributed by atoms with Gasteiger partial charge < -0.3 is 19.5 Å². The Balaban J connectivity index is 2.03. The van der Waals surface area contributed by atoms with E-state index in [1.807, 2.05) is 25.1 Å². The standard InChI is InChI=1S/C15H21NO4/c1-3-16-12(10-15(17)18-2)8-11-4-5-13-14(9-11)20-7-6-19-13/h4-5,9,12,16H,3,6-8,10H2,1-2H3. The van der Waals surface area contributed by atoms with Crippen LogP contribution in [0.15, 0.2) is 18.2 Å². The third-order valence-electron chi connectivity index (χ3n) is 3.22. The van der Waals surface area contributed by atoms with E-state index in [4.69, 9.17) is 14.2 Å². The molecule has 5 heteroatoms. The lowest BCUT2D eigenvalue weighted by Gasteiger charge is -2.21. The number of ether oxygens (including phenoxy) is 3. The van der Waals surface area contributed by atoms with E-state index in [-0.39, 0.29) is 12.0 Å². The summed E-state index contributed by atoms with van der Waals surface area (Å²) in [6.07, 6.45) is 1.11. The number of hydrogen-bond acceptors (Lipinski definition) is 5. The van der Waals surface area contributed by atoms with Crippen molar-refractivity contribution < 1.29 is 19.0 Å². The summed E-state index contributed by atoms with van der Waals surface area (Å²) >= 11 is 0. The zero-order chi connectivity index (χ0) is 14.4. The van der Waals surface area contributed by atoms with Gasteiger partial charge in [0.05, 0.1) is 13.5 Å². The van der Waals surface area contributed by atoms with Gasteiger partial charge in [0.25, 0.3) is 0 Å². The SMILES string of the molecule is CCNC(CC(=O)OC)Cc1ccc2c(c1)OCCO2. The van der Waals surface area contributed by atoms with Crippen molar-refractivity contribution >= 4 is 5.97 Å². The molecule has 20 heavy (non-hydrogen) atoms. The van der Waals surface area contributed by atoms with Crippen LogP contribution in [0.25, 0.3) is 0 Å². The molecule has 0 saturated heterocycles. The lowest BCUT2D eigenvalue weighted by molar-refractivity contribution is -0.141. The largest absolute Gasteiger partial charge is 0.486 e. The van der Waals surface area contributed by atoms with Gasteiger partial charge in [-0.05, 0) is 30.7 Å². The molecule has 0 amide bonds. The van der Waals surface area contributed by atoms with Crippen molar-refractivity contribution in [3.05, 3.63) is 23.8 Å². The van der Waals surface area contributed by atoms with Crippen molar-refractivity contribution in [1.29, 1.82) is 0 Å². The summed E-state index contributed by atoms with van der Waals surface area (Å²) in [5.41, 5.74) is 1.11. The number of esters is 1. The van der Waals surface area contributed by atoms with Gasteiger partial charge in [0.2, 0.25) is 0 Å². The number of carbonyl (C=O) groups excluding carboxylic acids is 1. The summed E-state index contributed by atoms with van der Waals surface area (Å²) in [4.78, 5) is 11.4. The molecule has 1 unspecified atom stereocenters. The molecule has 0 bridgehead atoms. The average Bonchev–Trinajstić information content (AvgIpc) is 2.47. The van der Waals surface area contributed by atoms with E-state index < -0.39 is 0 Å². The van der Waals surface area contributed by atoms with E-state index >= 15 is 0 Å². The maximum absolute atomic E-state index is 11.4. The average molecular weight is 279 g/mol. The van der Waals surface area contributed by atoms with E-state index in [9.17, 15) is 4.79 Å². The van der Waals surface area contributed by atoms with Crippen LogP contribution in [0.2, 0.25) is 0 Å². The van der Waals surface area contributed by atoms with Gasteiger partial charge in [-0.15, -0.1) is 0 Å². The molecule has 0 aliphatic carbocycles. The molecule has 1 aromatic carbocycles. The molecule has 5 nitrogen and oxygen atoms in total. The number of benzene rings is 1. The second-order valence-corrected chi connectivity index (χ2v) is 4.72. The fourth-order valence-electron chi connectivity index (χ4n) is 2.29. The number of nitrogens with one attached hydrogen (secondary N) is 1. The van der Waals surface area contributed by atoms with E-state index in [2.05, 4.69) is 5.32 Å². The van der Waals surface area contributed by atoms with E-state index in [0.717, 1.165) is 30.0 Å². The molecule has 1 heterocycles. The highest BCUT2D eigenvalue weighted by Crippen LogP contribution is 2.31. The number of hydrogen-bond donors (Lipinski definition) is 1. The number of carbonyl (C=O) groups is 1. The van der Waals surface area contributed by atoms with Crippen LogP contribution in [-0.2, 0) is 16.0 Å². The quantitative estimate of drug-likeness (QED) is 0.801. The highest BCUT2D eigenvalue weighted by molar-refractivity contribution is 5.70. The smallest absolute Gasteiger partial charge is 0.307 e. The molecule has 110 valence electrons. The molecule has 0 aromatic heterocycles. The Morgan fingerprint density at radius 1 is 1.35 bits per heavy atom. The first-order chi connectivity index (χ1) is 9.72. The van der Waals surface area contributed by atoms with Crippen LogP contribution in [0.1, 0.15) is 18.9 Å². The van der Waals surface area contributed by atoms with Crippen LogP contribution in [-0.4, -0.2) is 38.9 Å². The first-order valence-electron chi connectivity index (χ1n) is 6.91. The minimum absolute atomic E-state index is 0.0648. The van der Waals surface area contributed by atoms with Gasteiger partial charge in [-0.25, -0.2) is 0 Å². The zero-order valence-corrected chi connectivity index (χ0v) is 12.0. The normalized spacial score (nSPS) is 14.7. The highest BCUT2D eigenvalue weighted by atomic mass is 16.6. The second-order valence-electron chi connectivity index (χ2n) is 4.72. The molecule has 1 aliphatic rings. The van der Waals surface area contributed by atoms with Crippen LogP contribution in [0, 0.1) is 0 Å². The first kappa shape index (κ1) is 14.7. The molecule has 0 spiro atoms. The minimum atomic E-state index is -0.200. The Labute approximate surface area is 119 Å². The Kier molecular flexibility index (Phi) is 5.24. The molecule has 1 N–H and O–H groups in total. The third-order valence-corrected chi connectivity index (χ3v) is 3.22. The first-order valence-corrected chi connectivity index (χ1v) is 6.91. The van der Waals surface area contributed by atoms with Crippen LogP contribution < -0.4 is 14.8 Å². The summed E-state index contributed by atoms with van der Waals surface area (Å²) in [5, 5.41) is 3.30. The number of likely N-dealkylation sites (N-methyl/N-ethyl adjacent to an activating group) is 1. The van der Waals surface area contributed by atoms with Crippen LogP contribution in [0.5, 0.6) is 11.5 Å². The van der Waals surface area contributed by atoms with Gasteiger partial charge in [-0.2, -0.15) is 0 Å². The fraction of sp³-hybridized carbons (Fsp3) is 0.533. The molecular weight excluding hydrogens is 258 g/mol. The number of methoxy groups -OCH3 is 1. The summed E-state index contributed by atoms with van der Waals surface area (Å²) in [5.74, 6) is 1.36. The van der Waals surface area contributed by atoms with E-state index in [0.29, 0.717) is 19.6 Å². The Morgan fingerprint density at radius 3 is 2.80 bits per heavy atom. The van der Waals surface area contributed by atoms with Crippen molar-refractivity contribution in [1.82, 2.24) is 5.32 Å². The molecule has 0 fully saturated rings. The lowest BCUT2D eigenvalue weighted by atomic mass is 10.0. The summed E-state index contributed by atoms with van der Waals surface area (Å²) in [7, 11) is 1.41. The van der Waals surface area contributed by atoms with Gasteiger partial charge in [0, 0.05) is 6.04 Å². The van der Waals surface area contributed by atoms with Crippen LogP contribution in [0.3, 0.4) is 0 Å². The van der Waals surface area contributed by atoms with E-state index in [1.54, 1.807) is 0 Å². The molecule has 1 atom stereocenters. The Bertz CT molecular complexity index is 461. The van der Waals surface area contributed by atoms with Crippen LogP contribution >= 0.6 is 0 Å². The van der Waals surface area contributed by atoms with Gasteiger partial charge in [0.15, 0.2) is 11.5 Å². The molecular formula is C15H21NO4. The summed E-state index contributed by atoms with van der Waals surface area (Å²) < 4.78 is 15.8. The monoisotopic (exact) mass is 279 g/mol. The van der Waals surface area contributed by atoms with Crippen molar-refractivity contribution in [2.24, 2.45) is 0 Å². The number of rotatable bonds is 6. The minimum Gasteiger partial charge on any atom is -0.486 e. The van der Waals surface area contributed by atoms with Crippen LogP contribution in [0.4, 0.5) is 0 Å². The molecule has 1 aromatic rings. The van der Waals surface area contributed by atoms with Crippen molar-refractivity contribution in [2.45, 2.75) is 25.8 Å². The molecule has 1 aliphatic heterocycles. The van der Waals surface area contributed by atoms with Gasteiger partial charge in [0.1, 0.15) is 13.2 Å². The van der Waals surface area contributed by atoms with Crippen molar-refractivity contribution in [3.8, 4) is 11.5 Å². The third kappa shape index (κ3) is 3.87. The highest BCUT2D eigenvalue weighted by Gasteiger charge is 2.16. The van der Waals surface area contributed by atoms with Crippen molar-refractivity contribution in [3.63, 3.8) is 0 Å². The number of fused-ring (bicyclic) bond motifs is 1. The zero-order valence-electron chi connectivity index (χ0n) is 12.0. The predicted molar refractivity (Wildman–Crippen MR) is 75.2 cm³/mol. The fourth-order valence-corrected chi connectivity index (χ4v) is 2.29. The van der Waals surface area contributed by atoms with Crippen molar-refractivity contribution in [2.75, 3.05) is 26.9 Å². The summed E-state index contributed by atoms with van der Waals surface area (Å²) in [6, 6.07) is 5.98. The van der Waals surface area contributed by atoms with Gasteiger partial charge >= 0.3 is 5.97 Å². The maximum Gasteiger partial charge on any atom is 0.307 e. The molecule has 0 radical (unpaired) electrons. The lowest BCUT2D eigenvalue weighted by Crippen LogP contribution is -2.33. The Morgan fingerprint density at radius 2 is 2.10 bits per heavy atom. The topological polar surface area (TPSA) is 56.8 Å². The van der Waals surface area contributed by atoms with Gasteiger partial charge in [-0.1, -0.05) is 13.0 Å². The Hall–Kier alpha value is -1.75. The maximum atomic E-state index is 11.4. The molecule has 2 rings (SSSR count). The second kappa shape index (κ2) is 7.14.